The number of rotatable bonds is 1. The van der Waals surface area contributed by atoms with E-state index in [1.807, 2.05) is 16.9 Å². The first-order chi connectivity index (χ1) is 7.84. The average molecular weight is 272 g/mol. The summed E-state index contributed by atoms with van der Waals surface area (Å²) in [6.07, 6.45) is 2.83. The van der Waals surface area contributed by atoms with Crippen molar-refractivity contribution in [1.29, 1.82) is 0 Å². The van der Waals surface area contributed by atoms with E-state index >= 15 is 0 Å². The van der Waals surface area contributed by atoms with Gasteiger partial charge in [-0.2, -0.15) is 5.10 Å². The molecular formula is C10H11Cl2N5. The second kappa shape index (κ2) is 5.00. The molecule has 0 spiro atoms. The third-order valence-electron chi connectivity index (χ3n) is 2.64. The van der Waals surface area contributed by atoms with Gasteiger partial charge >= 0.3 is 0 Å². The van der Waals surface area contributed by atoms with Crippen LogP contribution < -0.4 is 5.32 Å². The van der Waals surface area contributed by atoms with E-state index in [0.29, 0.717) is 11.0 Å². The molecule has 1 aliphatic heterocycles. The Morgan fingerprint density at radius 2 is 2.18 bits per heavy atom. The van der Waals surface area contributed by atoms with Gasteiger partial charge in [0.1, 0.15) is 0 Å². The second-order valence-electron chi connectivity index (χ2n) is 3.67. The number of fused-ring (bicyclic) bond motifs is 1. The van der Waals surface area contributed by atoms with Crippen LogP contribution in [0, 0.1) is 0 Å². The number of hydrogen-bond donors (Lipinski definition) is 1. The van der Waals surface area contributed by atoms with Crippen molar-refractivity contribution in [2.45, 2.75) is 13.0 Å². The first-order valence-electron chi connectivity index (χ1n) is 5.11. The van der Waals surface area contributed by atoms with Crippen LogP contribution in [0.1, 0.15) is 11.3 Å². The Balaban J connectivity index is 0.00000108. The van der Waals surface area contributed by atoms with E-state index in [9.17, 15) is 0 Å². The van der Waals surface area contributed by atoms with Gasteiger partial charge < -0.3 is 5.32 Å². The van der Waals surface area contributed by atoms with Crippen molar-refractivity contribution < 1.29 is 0 Å². The van der Waals surface area contributed by atoms with E-state index in [-0.39, 0.29) is 12.4 Å². The Morgan fingerprint density at radius 1 is 1.29 bits per heavy atom. The molecule has 0 radical (unpaired) electrons. The molecule has 3 heterocycles. The molecule has 7 heteroatoms. The summed E-state index contributed by atoms with van der Waals surface area (Å²) in [5.41, 5.74) is 2.43. The highest BCUT2D eigenvalue weighted by molar-refractivity contribution is 6.29. The maximum absolute atomic E-state index is 5.70. The molecule has 0 bridgehead atoms. The van der Waals surface area contributed by atoms with Gasteiger partial charge in [0.2, 0.25) is 0 Å². The number of hydrogen-bond acceptors (Lipinski definition) is 4. The van der Waals surface area contributed by atoms with Crippen LogP contribution in [-0.4, -0.2) is 26.5 Å². The normalized spacial score (nSPS) is 13.9. The Kier molecular flexibility index (Phi) is 3.61. The smallest absolute Gasteiger partial charge is 0.176 e. The van der Waals surface area contributed by atoms with E-state index in [1.54, 1.807) is 6.07 Å². The summed E-state index contributed by atoms with van der Waals surface area (Å²) in [5.74, 6) is 0.715. The largest absolute Gasteiger partial charge is 0.312 e. The van der Waals surface area contributed by atoms with Crippen molar-refractivity contribution >= 4 is 24.0 Å². The zero-order valence-electron chi connectivity index (χ0n) is 8.93. The van der Waals surface area contributed by atoms with Gasteiger partial charge in [-0.25, -0.2) is 4.68 Å². The molecule has 1 aliphatic rings. The highest BCUT2D eigenvalue weighted by Crippen LogP contribution is 2.16. The van der Waals surface area contributed by atoms with Crippen LogP contribution in [0.25, 0.3) is 5.82 Å². The molecule has 0 unspecified atom stereocenters. The molecule has 0 atom stereocenters. The van der Waals surface area contributed by atoms with Gasteiger partial charge in [0.15, 0.2) is 11.0 Å². The Morgan fingerprint density at radius 3 is 2.94 bits per heavy atom. The van der Waals surface area contributed by atoms with E-state index < -0.39 is 0 Å². The molecule has 2 aromatic rings. The molecule has 0 aromatic carbocycles. The minimum absolute atomic E-state index is 0. The molecular weight excluding hydrogens is 261 g/mol. The molecule has 2 aromatic heterocycles. The number of nitrogens with one attached hydrogen (secondary N) is 1. The maximum Gasteiger partial charge on any atom is 0.176 e. The lowest BCUT2D eigenvalue weighted by Gasteiger charge is -2.14. The highest BCUT2D eigenvalue weighted by Gasteiger charge is 2.16. The van der Waals surface area contributed by atoms with Crippen LogP contribution in [0.4, 0.5) is 0 Å². The van der Waals surface area contributed by atoms with Crippen molar-refractivity contribution in [3.8, 4) is 5.82 Å². The van der Waals surface area contributed by atoms with E-state index in [1.165, 1.54) is 11.3 Å². The molecule has 17 heavy (non-hydrogen) atoms. The van der Waals surface area contributed by atoms with Crippen LogP contribution in [-0.2, 0) is 13.0 Å². The van der Waals surface area contributed by atoms with Crippen LogP contribution in [0.5, 0.6) is 0 Å². The SMILES string of the molecule is Cl.Clc1ccc(-n2ncc3c2CCNC3)nn1. The predicted octanol–water partition coefficient (Wildman–Crippen LogP) is 1.38. The Hall–Kier alpha value is -1.17. The minimum Gasteiger partial charge on any atom is -0.312 e. The number of halogens is 2. The van der Waals surface area contributed by atoms with E-state index in [4.69, 9.17) is 11.6 Å². The second-order valence-corrected chi connectivity index (χ2v) is 4.06. The fraction of sp³-hybridized carbons (Fsp3) is 0.300. The fourth-order valence-corrected chi connectivity index (χ4v) is 1.97. The summed E-state index contributed by atoms with van der Waals surface area (Å²) in [7, 11) is 0. The molecule has 90 valence electrons. The number of nitrogens with zero attached hydrogens (tertiary/aromatic N) is 4. The van der Waals surface area contributed by atoms with Crippen molar-refractivity contribution in [2.24, 2.45) is 0 Å². The molecule has 0 saturated heterocycles. The van der Waals surface area contributed by atoms with Crippen LogP contribution >= 0.6 is 24.0 Å². The Bertz CT molecular complexity index is 508. The topological polar surface area (TPSA) is 55.6 Å². The van der Waals surface area contributed by atoms with Crippen LogP contribution in [0.2, 0.25) is 5.15 Å². The average Bonchev–Trinajstić information content (AvgIpc) is 2.74. The van der Waals surface area contributed by atoms with Gasteiger partial charge in [-0.1, -0.05) is 11.6 Å². The summed E-state index contributed by atoms with van der Waals surface area (Å²) in [4.78, 5) is 0. The first kappa shape index (κ1) is 12.3. The van der Waals surface area contributed by atoms with E-state index in [2.05, 4.69) is 20.6 Å². The van der Waals surface area contributed by atoms with Gasteiger partial charge in [-0.3, -0.25) is 0 Å². The first-order valence-corrected chi connectivity index (χ1v) is 5.48. The lowest BCUT2D eigenvalue weighted by molar-refractivity contribution is 0.619. The van der Waals surface area contributed by atoms with Crippen molar-refractivity contribution in [3.05, 3.63) is 34.7 Å². The van der Waals surface area contributed by atoms with E-state index in [0.717, 1.165) is 19.5 Å². The third kappa shape index (κ3) is 2.26. The molecule has 0 aliphatic carbocycles. The summed E-state index contributed by atoms with van der Waals surface area (Å²) >= 11 is 5.70. The quantitative estimate of drug-likeness (QED) is 0.852. The minimum atomic E-state index is 0. The summed E-state index contributed by atoms with van der Waals surface area (Å²) < 4.78 is 1.83. The van der Waals surface area contributed by atoms with Crippen molar-refractivity contribution in [1.82, 2.24) is 25.3 Å². The Labute approximate surface area is 110 Å². The van der Waals surface area contributed by atoms with Gasteiger partial charge in [0.05, 0.1) is 11.9 Å². The van der Waals surface area contributed by atoms with Gasteiger partial charge in [-0.15, -0.1) is 22.6 Å². The zero-order valence-corrected chi connectivity index (χ0v) is 10.5. The molecule has 0 fully saturated rings. The monoisotopic (exact) mass is 271 g/mol. The zero-order chi connectivity index (χ0) is 11.0. The highest BCUT2D eigenvalue weighted by atomic mass is 35.5. The molecule has 1 N–H and O–H groups in total. The van der Waals surface area contributed by atoms with Gasteiger partial charge in [0.25, 0.3) is 0 Å². The van der Waals surface area contributed by atoms with Crippen molar-refractivity contribution in [3.63, 3.8) is 0 Å². The fourth-order valence-electron chi connectivity index (χ4n) is 1.87. The summed E-state index contributed by atoms with van der Waals surface area (Å²) in [5, 5.41) is 15.9. The predicted molar refractivity (Wildman–Crippen MR) is 66.8 cm³/mol. The molecule has 3 rings (SSSR count). The standard InChI is InChI=1S/C10H10ClN5.ClH/c11-9-1-2-10(15-14-9)16-8-3-4-12-5-7(8)6-13-16;/h1-2,6,12H,3-5H2;1H. The van der Waals surface area contributed by atoms with Crippen LogP contribution in [0.3, 0.4) is 0 Å². The molecule has 0 saturated carbocycles. The summed E-state index contributed by atoms with van der Waals surface area (Å²) in [6.45, 7) is 1.84. The number of aromatic nitrogens is 4. The molecule has 0 amide bonds. The van der Waals surface area contributed by atoms with Gasteiger partial charge in [-0.05, 0) is 12.1 Å². The lowest BCUT2D eigenvalue weighted by atomic mass is 10.1. The maximum atomic E-state index is 5.70. The third-order valence-corrected chi connectivity index (χ3v) is 2.85. The molecule has 5 nitrogen and oxygen atoms in total. The van der Waals surface area contributed by atoms with Gasteiger partial charge in [0, 0.05) is 25.1 Å². The van der Waals surface area contributed by atoms with Crippen LogP contribution in [0.15, 0.2) is 18.3 Å². The van der Waals surface area contributed by atoms with Crippen molar-refractivity contribution in [2.75, 3.05) is 6.54 Å². The lowest BCUT2D eigenvalue weighted by Crippen LogP contribution is -2.24. The summed E-state index contributed by atoms with van der Waals surface area (Å²) in [6, 6.07) is 3.55.